The SMILES string of the molecule is CN1C(=O)COc2ccc(S(=O)(=O)n3c(Cc4ccc(C(=O)O)cc4)cc4cc(C(F)(F)F)ccc43)cc21. The molecule has 0 radical (unpaired) electrons. The summed E-state index contributed by atoms with van der Waals surface area (Å²) in [5.41, 5.74) is 0.0995. The van der Waals surface area contributed by atoms with Gasteiger partial charge in [0.1, 0.15) is 5.75 Å². The van der Waals surface area contributed by atoms with Crippen LogP contribution in [-0.4, -0.2) is 43.0 Å². The lowest BCUT2D eigenvalue weighted by molar-refractivity contribution is -0.137. The highest BCUT2D eigenvalue weighted by molar-refractivity contribution is 7.90. The van der Waals surface area contributed by atoms with Gasteiger partial charge in [0.2, 0.25) is 0 Å². The molecule has 1 aliphatic heterocycles. The summed E-state index contributed by atoms with van der Waals surface area (Å²) in [5.74, 6) is -1.19. The molecule has 0 unspecified atom stereocenters. The summed E-state index contributed by atoms with van der Waals surface area (Å²) in [6.07, 6.45) is -4.64. The highest BCUT2D eigenvalue weighted by Crippen LogP contribution is 2.37. The van der Waals surface area contributed by atoms with Gasteiger partial charge in [0.05, 0.1) is 27.2 Å². The summed E-state index contributed by atoms with van der Waals surface area (Å²) < 4.78 is 74.4. The molecule has 0 bridgehead atoms. The number of aromatic carboxylic acids is 1. The number of rotatable bonds is 5. The van der Waals surface area contributed by atoms with E-state index in [0.29, 0.717) is 11.3 Å². The second kappa shape index (κ2) is 8.91. The highest BCUT2D eigenvalue weighted by Gasteiger charge is 2.32. The number of aromatic nitrogens is 1. The molecule has 5 rings (SSSR count). The minimum Gasteiger partial charge on any atom is -0.482 e. The van der Waals surface area contributed by atoms with Gasteiger partial charge in [-0.05, 0) is 60.2 Å². The van der Waals surface area contributed by atoms with Crippen LogP contribution in [0.2, 0.25) is 0 Å². The molecular weight excluding hydrogens is 525 g/mol. The van der Waals surface area contributed by atoms with Crippen molar-refractivity contribution in [3.63, 3.8) is 0 Å². The molecule has 1 aromatic heterocycles. The lowest BCUT2D eigenvalue weighted by atomic mass is 10.1. The quantitative estimate of drug-likeness (QED) is 0.396. The zero-order valence-corrected chi connectivity index (χ0v) is 20.5. The smallest absolute Gasteiger partial charge is 0.416 e. The van der Waals surface area contributed by atoms with Crippen molar-refractivity contribution in [1.82, 2.24) is 3.97 Å². The van der Waals surface area contributed by atoms with Crippen molar-refractivity contribution in [3.05, 3.63) is 89.1 Å². The lowest BCUT2D eigenvalue weighted by Gasteiger charge is -2.26. The molecule has 0 atom stereocenters. The van der Waals surface area contributed by atoms with Gasteiger partial charge in [-0.3, -0.25) is 4.79 Å². The zero-order valence-electron chi connectivity index (χ0n) is 19.7. The van der Waals surface area contributed by atoms with E-state index in [9.17, 15) is 31.2 Å². The fraction of sp³-hybridized carbons (Fsp3) is 0.154. The molecule has 38 heavy (non-hydrogen) atoms. The molecule has 0 saturated carbocycles. The van der Waals surface area contributed by atoms with Crippen LogP contribution in [0.3, 0.4) is 0 Å². The number of halogens is 3. The number of ether oxygens (including phenoxy) is 1. The Morgan fingerprint density at radius 2 is 1.74 bits per heavy atom. The van der Waals surface area contributed by atoms with E-state index < -0.39 is 27.7 Å². The zero-order chi connectivity index (χ0) is 27.4. The Bertz CT molecular complexity index is 1710. The predicted molar refractivity (Wildman–Crippen MR) is 131 cm³/mol. The molecule has 4 aromatic rings. The second-order valence-electron chi connectivity index (χ2n) is 8.73. The average Bonchev–Trinajstić information content (AvgIpc) is 3.23. The number of likely N-dealkylation sites (N-methyl/N-ethyl adjacent to an activating group) is 1. The summed E-state index contributed by atoms with van der Waals surface area (Å²) >= 11 is 0. The van der Waals surface area contributed by atoms with Crippen LogP contribution < -0.4 is 9.64 Å². The number of hydrogen-bond donors (Lipinski definition) is 1. The molecule has 2 heterocycles. The van der Waals surface area contributed by atoms with E-state index >= 15 is 0 Å². The van der Waals surface area contributed by atoms with Crippen molar-refractivity contribution in [3.8, 4) is 5.75 Å². The van der Waals surface area contributed by atoms with Gasteiger partial charge in [0.25, 0.3) is 15.9 Å². The second-order valence-corrected chi connectivity index (χ2v) is 10.5. The number of alkyl halides is 3. The third-order valence-corrected chi connectivity index (χ3v) is 8.06. The Morgan fingerprint density at radius 1 is 1.03 bits per heavy atom. The van der Waals surface area contributed by atoms with E-state index in [1.54, 1.807) is 0 Å². The van der Waals surface area contributed by atoms with Crippen molar-refractivity contribution in [1.29, 1.82) is 0 Å². The molecule has 8 nitrogen and oxygen atoms in total. The van der Waals surface area contributed by atoms with E-state index in [1.807, 2.05) is 0 Å². The number of carbonyl (C=O) groups is 2. The number of anilines is 1. The third-order valence-electron chi connectivity index (χ3n) is 6.30. The minimum absolute atomic E-state index is 0.0123. The summed E-state index contributed by atoms with van der Waals surface area (Å²) in [6.45, 7) is -0.190. The molecule has 1 N–H and O–H groups in total. The molecular formula is C26H19F3N2O6S. The van der Waals surface area contributed by atoms with Gasteiger partial charge in [0.15, 0.2) is 6.61 Å². The van der Waals surface area contributed by atoms with Gasteiger partial charge >= 0.3 is 12.1 Å². The van der Waals surface area contributed by atoms with Gasteiger partial charge in [0, 0.05) is 24.5 Å². The largest absolute Gasteiger partial charge is 0.482 e. The van der Waals surface area contributed by atoms with E-state index in [1.165, 1.54) is 60.5 Å². The molecule has 3 aromatic carbocycles. The van der Waals surface area contributed by atoms with Gasteiger partial charge < -0.3 is 14.7 Å². The molecule has 0 spiro atoms. The summed E-state index contributed by atoms with van der Waals surface area (Å²) in [7, 11) is -2.89. The van der Waals surface area contributed by atoms with Crippen molar-refractivity contribution >= 4 is 38.5 Å². The lowest BCUT2D eigenvalue weighted by Crippen LogP contribution is -2.35. The van der Waals surface area contributed by atoms with Gasteiger partial charge in [-0.1, -0.05) is 12.1 Å². The van der Waals surface area contributed by atoms with Crippen LogP contribution in [0.1, 0.15) is 27.2 Å². The van der Waals surface area contributed by atoms with Crippen LogP contribution in [0.5, 0.6) is 5.75 Å². The number of carboxylic acid groups (broad SMARTS) is 1. The maximum absolute atomic E-state index is 13.9. The number of carbonyl (C=O) groups excluding carboxylic acids is 1. The van der Waals surface area contributed by atoms with E-state index in [0.717, 1.165) is 22.2 Å². The Labute approximate surface area is 214 Å². The minimum atomic E-state index is -4.63. The Balaban J connectivity index is 1.68. The number of amides is 1. The Kier molecular flexibility index (Phi) is 5.94. The first kappa shape index (κ1) is 25.3. The van der Waals surface area contributed by atoms with Crippen LogP contribution in [0.25, 0.3) is 10.9 Å². The average molecular weight is 545 g/mol. The fourth-order valence-electron chi connectivity index (χ4n) is 4.32. The molecule has 0 aliphatic carbocycles. The molecule has 1 amide bonds. The fourth-order valence-corrected chi connectivity index (χ4v) is 5.89. The number of nitrogens with zero attached hydrogens (tertiary/aromatic N) is 2. The van der Waals surface area contributed by atoms with Gasteiger partial charge in [-0.2, -0.15) is 13.2 Å². The topological polar surface area (TPSA) is 106 Å². The monoisotopic (exact) mass is 544 g/mol. The normalized spacial score (nSPS) is 13.9. The molecule has 0 saturated heterocycles. The van der Waals surface area contributed by atoms with Gasteiger partial charge in [-0.15, -0.1) is 0 Å². The Hall–Kier alpha value is -4.32. The number of fused-ring (bicyclic) bond motifs is 2. The first-order valence-corrected chi connectivity index (χ1v) is 12.6. The van der Waals surface area contributed by atoms with E-state index in [4.69, 9.17) is 9.84 Å². The third kappa shape index (κ3) is 4.36. The van der Waals surface area contributed by atoms with E-state index in [-0.39, 0.29) is 51.7 Å². The number of benzene rings is 3. The van der Waals surface area contributed by atoms with Crippen LogP contribution in [-0.2, 0) is 27.4 Å². The van der Waals surface area contributed by atoms with Crippen molar-refractivity contribution in [2.45, 2.75) is 17.5 Å². The first-order chi connectivity index (χ1) is 17.9. The van der Waals surface area contributed by atoms with Crippen molar-refractivity contribution in [2.75, 3.05) is 18.6 Å². The number of hydrogen-bond acceptors (Lipinski definition) is 5. The summed E-state index contributed by atoms with van der Waals surface area (Å²) in [5, 5.41) is 9.20. The molecule has 196 valence electrons. The predicted octanol–water partition coefficient (Wildman–Crippen LogP) is 4.54. The van der Waals surface area contributed by atoms with Crippen LogP contribution in [0, 0.1) is 0 Å². The van der Waals surface area contributed by atoms with E-state index in [2.05, 4.69) is 0 Å². The standard InChI is InChI=1S/C26H19F3N2O6S/c1-30-22-13-20(7-9-23(22)37-14-24(30)32)38(35,36)31-19(10-15-2-4-16(5-3-15)25(33)34)12-17-11-18(26(27,28)29)6-8-21(17)31/h2-9,11-13H,10,14H2,1H3,(H,33,34). The van der Waals surface area contributed by atoms with Crippen LogP contribution >= 0.6 is 0 Å². The summed E-state index contributed by atoms with van der Waals surface area (Å²) in [6, 6.07) is 13.9. The summed E-state index contributed by atoms with van der Waals surface area (Å²) in [4.78, 5) is 24.3. The van der Waals surface area contributed by atoms with Crippen molar-refractivity contribution < 1.29 is 41.0 Å². The molecule has 1 aliphatic rings. The maximum Gasteiger partial charge on any atom is 0.416 e. The molecule has 0 fully saturated rings. The van der Waals surface area contributed by atoms with Crippen molar-refractivity contribution in [2.24, 2.45) is 0 Å². The number of carboxylic acids is 1. The first-order valence-electron chi connectivity index (χ1n) is 11.2. The maximum atomic E-state index is 13.9. The van der Waals surface area contributed by atoms with Crippen LogP contribution in [0.4, 0.5) is 18.9 Å². The molecule has 12 heteroatoms. The van der Waals surface area contributed by atoms with Crippen LogP contribution in [0.15, 0.2) is 71.6 Å². The van der Waals surface area contributed by atoms with Gasteiger partial charge in [-0.25, -0.2) is 17.2 Å². The Morgan fingerprint density at radius 3 is 2.39 bits per heavy atom. The highest BCUT2D eigenvalue weighted by atomic mass is 32.2.